The van der Waals surface area contributed by atoms with E-state index in [1.54, 1.807) is 26.0 Å². The first-order valence-electron chi connectivity index (χ1n) is 5.93. The van der Waals surface area contributed by atoms with Crippen molar-refractivity contribution in [3.63, 3.8) is 0 Å². The number of carbonyl (C=O) groups is 2. The molecule has 0 aliphatic rings. The third-order valence-corrected chi connectivity index (χ3v) is 2.96. The van der Waals surface area contributed by atoms with E-state index in [1.165, 1.54) is 6.07 Å². The highest BCUT2D eigenvalue weighted by Gasteiger charge is 2.22. The molecule has 0 aliphatic heterocycles. The third kappa shape index (κ3) is 5.27. The fourth-order valence-electron chi connectivity index (χ4n) is 1.50. The molecule has 0 fully saturated rings. The number of hydrogen-bond donors (Lipinski definition) is 2. The molecule has 7 heteroatoms. The van der Waals surface area contributed by atoms with Crippen LogP contribution in [0, 0.1) is 0 Å². The van der Waals surface area contributed by atoms with Gasteiger partial charge in [-0.25, -0.2) is 9.59 Å². The van der Waals surface area contributed by atoms with Gasteiger partial charge in [0.15, 0.2) is 0 Å². The summed E-state index contributed by atoms with van der Waals surface area (Å²) in [4.78, 5) is 22.6. The van der Waals surface area contributed by atoms with Gasteiger partial charge in [0.25, 0.3) is 0 Å². The Morgan fingerprint density at radius 1 is 1.35 bits per heavy atom. The van der Waals surface area contributed by atoms with Crippen molar-refractivity contribution in [3.8, 4) is 0 Å². The van der Waals surface area contributed by atoms with E-state index in [1.807, 2.05) is 0 Å². The highest BCUT2D eigenvalue weighted by Crippen LogP contribution is 2.22. The normalized spacial score (nSPS) is 12.1. The number of carbonyl (C=O) groups excluding carboxylic acids is 1. The number of nitrogens with one attached hydrogen (secondary N) is 1. The van der Waals surface area contributed by atoms with Gasteiger partial charge in [-0.1, -0.05) is 29.3 Å². The highest BCUT2D eigenvalue weighted by molar-refractivity contribution is 6.35. The van der Waals surface area contributed by atoms with Gasteiger partial charge in [-0.05, 0) is 31.5 Å². The van der Waals surface area contributed by atoms with Crippen molar-refractivity contribution in [1.29, 1.82) is 0 Å². The molecule has 110 valence electrons. The Hall–Kier alpha value is -1.46. The lowest BCUT2D eigenvalue weighted by molar-refractivity contribution is -0.139. The molecule has 5 nitrogen and oxygen atoms in total. The molecule has 1 amide bonds. The van der Waals surface area contributed by atoms with Gasteiger partial charge in [-0.15, -0.1) is 0 Å². The Morgan fingerprint density at radius 2 is 2.00 bits per heavy atom. The van der Waals surface area contributed by atoms with E-state index in [0.29, 0.717) is 15.6 Å². The molecule has 1 atom stereocenters. The molecule has 0 heterocycles. The summed E-state index contributed by atoms with van der Waals surface area (Å²) < 4.78 is 4.85. The second-order valence-electron chi connectivity index (χ2n) is 4.43. The molecular weight excluding hydrogens is 305 g/mol. The number of rotatable bonds is 5. The number of aliphatic carboxylic acids is 1. The maximum atomic E-state index is 11.4. The fourth-order valence-corrected chi connectivity index (χ4v) is 1.98. The topological polar surface area (TPSA) is 75.6 Å². The van der Waals surface area contributed by atoms with Gasteiger partial charge in [-0.2, -0.15) is 0 Å². The lowest BCUT2D eigenvalue weighted by atomic mass is 10.1. The van der Waals surface area contributed by atoms with Gasteiger partial charge in [-0.3, -0.25) is 0 Å². The van der Waals surface area contributed by atoms with Crippen LogP contribution in [-0.2, 0) is 16.0 Å². The van der Waals surface area contributed by atoms with E-state index in [-0.39, 0.29) is 12.5 Å². The van der Waals surface area contributed by atoms with Crippen LogP contribution in [-0.4, -0.2) is 29.3 Å². The van der Waals surface area contributed by atoms with Crippen LogP contribution in [0.1, 0.15) is 19.4 Å². The summed E-state index contributed by atoms with van der Waals surface area (Å²) in [7, 11) is 0. The number of alkyl carbamates (subject to hydrolysis) is 1. The van der Waals surface area contributed by atoms with Crippen molar-refractivity contribution >= 4 is 35.3 Å². The lowest BCUT2D eigenvalue weighted by Gasteiger charge is -2.16. The smallest absolute Gasteiger partial charge is 0.408 e. The molecule has 0 aliphatic carbocycles. The van der Waals surface area contributed by atoms with Crippen LogP contribution < -0.4 is 5.32 Å². The molecule has 0 spiro atoms. The van der Waals surface area contributed by atoms with Gasteiger partial charge >= 0.3 is 12.1 Å². The number of ether oxygens (including phenoxy) is 1. The number of amides is 1. The number of carboxylic acid groups (broad SMARTS) is 1. The number of benzene rings is 1. The van der Waals surface area contributed by atoms with Crippen LogP contribution in [0.5, 0.6) is 0 Å². The SMILES string of the molecule is CC(C)OC(=O)NC(Cc1ccc(Cl)cc1Cl)C(=O)O. The van der Waals surface area contributed by atoms with E-state index in [2.05, 4.69) is 5.32 Å². The van der Waals surface area contributed by atoms with Crippen LogP contribution >= 0.6 is 23.2 Å². The monoisotopic (exact) mass is 319 g/mol. The molecule has 1 rings (SSSR count). The van der Waals surface area contributed by atoms with Crippen molar-refractivity contribution in [2.75, 3.05) is 0 Å². The van der Waals surface area contributed by atoms with Crippen LogP contribution in [0.4, 0.5) is 4.79 Å². The second-order valence-corrected chi connectivity index (χ2v) is 5.27. The van der Waals surface area contributed by atoms with Gasteiger partial charge in [0.05, 0.1) is 6.10 Å². The van der Waals surface area contributed by atoms with Crippen LogP contribution in [0.3, 0.4) is 0 Å². The van der Waals surface area contributed by atoms with Crippen molar-refractivity contribution in [3.05, 3.63) is 33.8 Å². The third-order valence-electron chi connectivity index (χ3n) is 2.37. The molecule has 0 saturated carbocycles. The molecule has 20 heavy (non-hydrogen) atoms. The second kappa shape index (κ2) is 7.36. The largest absolute Gasteiger partial charge is 0.480 e. The standard InChI is InChI=1S/C13H15Cl2NO4/c1-7(2)20-13(19)16-11(12(17)18)5-8-3-4-9(14)6-10(8)15/h3-4,6-7,11H,5H2,1-2H3,(H,16,19)(H,17,18). The maximum Gasteiger partial charge on any atom is 0.408 e. The summed E-state index contributed by atoms with van der Waals surface area (Å²) in [6, 6.07) is 3.62. The van der Waals surface area contributed by atoms with Gasteiger partial charge in [0.2, 0.25) is 0 Å². The number of carboxylic acids is 1. The van der Waals surface area contributed by atoms with Crippen LogP contribution in [0.15, 0.2) is 18.2 Å². The van der Waals surface area contributed by atoms with Gasteiger partial charge in [0.1, 0.15) is 6.04 Å². The summed E-state index contributed by atoms with van der Waals surface area (Å²) in [5.74, 6) is -1.17. The minimum absolute atomic E-state index is 0.0402. The van der Waals surface area contributed by atoms with E-state index in [4.69, 9.17) is 33.0 Å². The van der Waals surface area contributed by atoms with Crippen LogP contribution in [0.2, 0.25) is 10.0 Å². The lowest BCUT2D eigenvalue weighted by Crippen LogP contribution is -2.43. The molecule has 0 bridgehead atoms. The van der Waals surface area contributed by atoms with E-state index in [9.17, 15) is 9.59 Å². The quantitative estimate of drug-likeness (QED) is 0.874. The average molecular weight is 320 g/mol. The van der Waals surface area contributed by atoms with Gasteiger partial charge in [0, 0.05) is 16.5 Å². The first-order valence-corrected chi connectivity index (χ1v) is 6.69. The van der Waals surface area contributed by atoms with Crippen molar-refractivity contribution in [2.45, 2.75) is 32.4 Å². The van der Waals surface area contributed by atoms with Crippen molar-refractivity contribution in [2.24, 2.45) is 0 Å². The summed E-state index contributed by atoms with van der Waals surface area (Å²) in [5, 5.41) is 12.2. The number of halogens is 2. The summed E-state index contributed by atoms with van der Waals surface area (Å²) >= 11 is 11.7. The molecular formula is C13H15Cl2NO4. The Kier molecular flexibility index (Phi) is 6.10. The van der Waals surface area contributed by atoms with Crippen molar-refractivity contribution < 1.29 is 19.4 Å². The molecule has 1 aromatic carbocycles. The average Bonchev–Trinajstić information content (AvgIpc) is 2.30. The maximum absolute atomic E-state index is 11.4. The molecule has 0 radical (unpaired) electrons. The summed E-state index contributed by atoms with van der Waals surface area (Å²) in [6.45, 7) is 3.34. The summed E-state index contributed by atoms with van der Waals surface area (Å²) in [6.07, 6.45) is -1.07. The minimum atomic E-state index is -1.17. The zero-order valence-corrected chi connectivity index (χ0v) is 12.5. The highest BCUT2D eigenvalue weighted by atomic mass is 35.5. The fraction of sp³-hybridized carbons (Fsp3) is 0.385. The Balaban J connectivity index is 2.77. The minimum Gasteiger partial charge on any atom is -0.480 e. The molecule has 2 N–H and O–H groups in total. The Morgan fingerprint density at radius 3 is 2.50 bits per heavy atom. The van der Waals surface area contributed by atoms with E-state index in [0.717, 1.165) is 0 Å². The van der Waals surface area contributed by atoms with Crippen LogP contribution in [0.25, 0.3) is 0 Å². The van der Waals surface area contributed by atoms with E-state index >= 15 is 0 Å². The summed E-state index contributed by atoms with van der Waals surface area (Å²) in [5.41, 5.74) is 0.577. The van der Waals surface area contributed by atoms with E-state index < -0.39 is 18.1 Å². The zero-order valence-electron chi connectivity index (χ0n) is 11.0. The Bertz CT molecular complexity index is 505. The first-order chi connectivity index (χ1) is 9.29. The molecule has 0 aromatic heterocycles. The first kappa shape index (κ1) is 16.6. The predicted octanol–water partition coefficient (Wildman–Crippen LogP) is 3.12. The molecule has 1 unspecified atom stereocenters. The molecule has 0 saturated heterocycles. The molecule has 1 aromatic rings. The van der Waals surface area contributed by atoms with Crippen molar-refractivity contribution in [1.82, 2.24) is 5.32 Å². The predicted molar refractivity (Wildman–Crippen MR) is 76.3 cm³/mol. The number of hydrogen-bond acceptors (Lipinski definition) is 3. The van der Waals surface area contributed by atoms with Gasteiger partial charge < -0.3 is 15.2 Å². The Labute approximate surface area is 126 Å². The zero-order chi connectivity index (χ0) is 15.3.